The number of unbranched alkanes of at least 4 members (excludes halogenated alkanes) is 4. The van der Waals surface area contributed by atoms with Gasteiger partial charge in [-0.05, 0) is 89.0 Å². The molecule has 68 heavy (non-hydrogen) atoms. The molecule has 374 valence electrons. The monoisotopic (exact) mass is 946 g/mol. The van der Waals surface area contributed by atoms with Gasteiger partial charge in [0.25, 0.3) is 5.91 Å². The van der Waals surface area contributed by atoms with Gasteiger partial charge in [-0.3, -0.25) is 15.0 Å². The SMILES string of the molecule is CCc1nc(C(N)=O)c(Nc2ccc(N3CCC(N4CCN(CCCCCCCC(O)Nc5cccc6c5C(O)N(C5CCC(O)NC5O)C6O)CC4)CC3)c(OC)c2)nc1NC1CCOCC1. The first kappa shape index (κ1) is 50.0. The van der Waals surface area contributed by atoms with Crippen LogP contribution in [0.15, 0.2) is 36.4 Å². The minimum Gasteiger partial charge on any atom is -0.495 e. The number of nitrogens with zero attached hydrogens (tertiary/aromatic N) is 6. The van der Waals surface area contributed by atoms with Crippen molar-refractivity contribution in [3.8, 4) is 5.75 Å². The Labute approximate surface area is 400 Å². The second kappa shape index (κ2) is 23.5. The lowest BCUT2D eigenvalue weighted by Gasteiger charge is -2.43. The molecule has 11 N–H and O–H groups in total. The molecule has 19 nitrogen and oxygen atoms in total. The Balaban J connectivity index is 0.724. The van der Waals surface area contributed by atoms with Crippen LogP contribution in [0.5, 0.6) is 5.75 Å². The van der Waals surface area contributed by atoms with Crippen LogP contribution in [0.2, 0.25) is 0 Å². The van der Waals surface area contributed by atoms with Crippen molar-refractivity contribution in [3.05, 3.63) is 58.9 Å². The van der Waals surface area contributed by atoms with Gasteiger partial charge >= 0.3 is 0 Å². The fourth-order valence-electron chi connectivity index (χ4n) is 10.8. The van der Waals surface area contributed by atoms with Crippen molar-refractivity contribution in [2.75, 3.05) is 87.0 Å². The molecule has 8 rings (SSSR count). The number of fused-ring (bicyclic) bond motifs is 1. The molecule has 6 unspecified atom stereocenters. The molecular formula is C49H75N11O8. The molecule has 3 aromatic rings. The van der Waals surface area contributed by atoms with Gasteiger partial charge in [0.2, 0.25) is 0 Å². The number of amides is 1. The number of aliphatic hydroxyl groups excluding tert-OH is 5. The summed E-state index contributed by atoms with van der Waals surface area (Å²) in [5.41, 5.74) is 9.96. The smallest absolute Gasteiger partial charge is 0.271 e. The van der Waals surface area contributed by atoms with E-state index in [-0.39, 0.29) is 11.7 Å². The number of anilines is 5. The predicted octanol–water partition coefficient (Wildman–Crippen LogP) is 3.52. The molecule has 4 fully saturated rings. The van der Waals surface area contributed by atoms with Crippen LogP contribution in [-0.4, -0.2) is 159 Å². The fourth-order valence-corrected chi connectivity index (χ4v) is 10.8. The third-order valence-corrected chi connectivity index (χ3v) is 14.6. The topological polar surface area (TPSA) is 250 Å². The van der Waals surface area contributed by atoms with Gasteiger partial charge in [-0.15, -0.1) is 0 Å². The zero-order valence-corrected chi connectivity index (χ0v) is 39.9. The Morgan fingerprint density at radius 2 is 1.65 bits per heavy atom. The Hall–Kier alpha value is -4.41. The van der Waals surface area contributed by atoms with Crippen LogP contribution < -0.4 is 36.6 Å². The van der Waals surface area contributed by atoms with E-state index in [0.29, 0.717) is 79.1 Å². The summed E-state index contributed by atoms with van der Waals surface area (Å²) in [5.74, 6) is 1.07. The average Bonchev–Trinajstić information content (AvgIpc) is 3.60. The second-order valence-electron chi connectivity index (χ2n) is 19.1. The van der Waals surface area contributed by atoms with E-state index in [1.807, 2.05) is 19.1 Å². The highest BCUT2D eigenvalue weighted by molar-refractivity contribution is 5.96. The van der Waals surface area contributed by atoms with Gasteiger partial charge in [0.1, 0.15) is 36.9 Å². The van der Waals surface area contributed by atoms with Crippen LogP contribution >= 0.6 is 0 Å². The minimum absolute atomic E-state index is 0.105. The molecule has 19 heteroatoms. The van der Waals surface area contributed by atoms with Crippen molar-refractivity contribution in [1.82, 2.24) is 30.0 Å². The van der Waals surface area contributed by atoms with Crippen LogP contribution in [0, 0.1) is 0 Å². The van der Waals surface area contributed by atoms with E-state index < -0.39 is 43.1 Å². The quantitative estimate of drug-likeness (QED) is 0.0575. The molecule has 1 amide bonds. The first-order chi connectivity index (χ1) is 33.0. The number of carbonyl (C=O) groups excluding carboxylic acids is 1. The number of aryl methyl sites for hydroxylation is 1. The number of rotatable bonds is 20. The van der Waals surface area contributed by atoms with Crippen molar-refractivity contribution in [1.29, 1.82) is 0 Å². The van der Waals surface area contributed by atoms with Gasteiger partial charge in [-0.25, -0.2) is 14.9 Å². The lowest BCUT2D eigenvalue weighted by atomic mass is 10.0. The highest BCUT2D eigenvalue weighted by Crippen LogP contribution is 2.46. The van der Waals surface area contributed by atoms with Gasteiger partial charge in [-0.1, -0.05) is 38.3 Å². The van der Waals surface area contributed by atoms with Gasteiger partial charge in [-0.2, -0.15) is 0 Å². The van der Waals surface area contributed by atoms with E-state index in [0.717, 1.165) is 121 Å². The Kier molecular flexibility index (Phi) is 17.3. The normalized spacial score (nSPS) is 25.0. The molecule has 6 heterocycles. The van der Waals surface area contributed by atoms with E-state index in [1.165, 1.54) is 4.90 Å². The van der Waals surface area contributed by atoms with Crippen LogP contribution in [0.3, 0.4) is 0 Å². The molecule has 1 aromatic heterocycles. The number of aromatic nitrogens is 2. The molecule has 0 radical (unpaired) electrons. The number of benzene rings is 2. The van der Waals surface area contributed by atoms with E-state index in [1.54, 1.807) is 25.3 Å². The molecule has 0 bridgehead atoms. The zero-order valence-electron chi connectivity index (χ0n) is 39.9. The molecule has 0 spiro atoms. The average molecular weight is 946 g/mol. The molecule has 0 aliphatic carbocycles. The lowest BCUT2D eigenvalue weighted by Crippen LogP contribution is -2.57. The molecule has 2 aromatic carbocycles. The van der Waals surface area contributed by atoms with Crippen molar-refractivity contribution in [2.45, 2.75) is 140 Å². The van der Waals surface area contributed by atoms with Crippen molar-refractivity contribution >= 4 is 34.6 Å². The van der Waals surface area contributed by atoms with Crippen molar-refractivity contribution in [2.24, 2.45) is 5.73 Å². The molecule has 5 aliphatic rings. The Bertz CT molecular complexity index is 2120. The minimum atomic E-state index is -1.17. The van der Waals surface area contributed by atoms with Crippen molar-refractivity contribution in [3.63, 3.8) is 0 Å². The van der Waals surface area contributed by atoms with E-state index in [2.05, 4.69) is 47.0 Å². The van der Waals surface area contributed by atoms with Crippen LogP contribution in [0.1, 0.15) is 124 Å². The largest absolute Gasteiger partial charge is 0.495 e. The number of piperidine rings is 2. The number of carbonyl (C=O) groups is 1. The summed E-state index contributed by atoms with van der Waals surface area (Å²) in [6, 6.07) is 11.5. The highest BCUT2D eigenvalue weighted by atomic mass is 16.5. The number of nitrogens with two attached hydrogens (primary N) is 1. The summed E-state index contributed by atoms with van der Waals surface area (Å²) in [4.78, 5) is 31.1. The summed E-state index contributed by atoms with van der Waals surface area (Å²) in [5, 5.41) is 66.3. The number of aliphatic hydroxyl groups is 5. The number of hydrogen-bond donors (Lipinski definition) is 10. The second-order valence-corrected chi connectivity index (χ2v) is 19.1. The maximum absolute atomic E-state index is 12.5. The molecule has 6 atom stereocenters. The maximum atomic E-state index is 12.5. The van der Waals surface area contributed by atoms with E-state index >= 15 is 0 Å². The van der Waals surface area contributed by atoms with Crippen LogP contribution in [0.25, 0.3) is 0 Å². The number of methoxy groups -OCH3 is 1. The van der Waals surface area contributed by atoms with Crippen LogP contribution in [0.4, 0.5) is 28.7 Å². The number of hydrogen-bond acceptors (Lipinski definition) is 18. The molecular weight excluding hydrogens is 871 g/mol. The molecule has 5 aliphatic heterocycles. The van der Waals surface area contributed by atoms with Gasteiger partial charge in [0.05, 0.1) is 24.5 Å². The molecule has 0 saturated carbocycles. The molecule has 4 saturated heterocycles. The number of ether oxygens (including phenoxy) is 2. The fraction of sp³-hybridized carbons (Fsp3) is 0.653. The standard InChI is InChI=1S/C49H75N11O8/c1-3-35-45(51-31-19-28-68-29-20-31)56-46(43(54-35)44(50)63)52-32-13-14-37(39(30-32)67-2)59-22-17-33(18-23-59)58-26-24-57(25-27-58)21-8-6-4-5-7-12-40(61)53-36-11-9-10-34-42(36)49(66)60(48(34)65)38-15-16-41(62)55-47(38)64/h9-11,13-14,30-31,33,38,40-41,47-49,53,55,61-62,64-66H,3-8,12,15-29H2,1-2H3,(H2,50,63)(H2,51,52,56). The first-order valence-corrected chi connectivity index (χ1v) is 25.1. The summed E-state index contributed by atoms with van der Waals surface area (Å²) in [7, 11) is 1.69. The summed E-state index contributed by atoms with van der Waals surface area (Å²) in [6.45, 7) is 10.7. The van der Waals surface area contributed by atoms with E-state index in [9.17, 15) is 30.3 Å². The number of piperazine rings is 1. The predicted molar refractivity (Wildman–Crippen MR) is 261 cm³/mol. The van der Waals surface area contributed by atoms with E-state index in [4.69, 9.17) is 20.2 Å². The third-order valence-electron chi connectivity index (χ3n) is 14.6. The Morgan fingerprint density at radius 3 is 2.37 bits per heavy atom. The summed E-state index contributed by atoms with van der Waals surface area (Å²) >= 11 is 0. The summed E-state index contributed by atoms with van der Waals surface area (Å²) in [6.07, 6.45) is 6.18. The third kappa shape index (κ3) is 11.9. The highest BCUT2D eigenvalue weighted by Gasteiger charge is 2.46. The van der Waals surface area contributed by atoms with Crippen molar-refractivity contribution < 1.29 is 39.8 Å². The van der Waals surface area contributed by atoms with Gasteiger partial charge in [0.15, 0.2) is 17.3 Å². The Morgan fingerprint density at radius 1 is 0.897 bits per heavy atom. The lowest BCUT2D eigenvalue weighted by molar-refractivity contribution is -0.158. The number of nitrogens with one attached hydrogen (secondary N) is 4. The van der Waals surface area contributed by atoms with Crippen LogP contribution in [-0.2, 0) is 11.2 Å². The zero-order chi connectivity index (χ0) is 47.7. The summed E-state index contributed by atoms with van der Waals surface area (Å²) < 4.78 is 11.4. The van der Waals surface area contributed by atoms with Gasteiger partial charge < -0.3 is 66.5 Å². The van der Waals surface area contributed by atoms with Gasteiger partial charge in [0, 0.05) is 93.1 Å². The maximum Gasteiger partial charge on any atom is 0.271 e. The number of primary amides is 1. The first-order valence-electron chi connectivity index (χ1n) is 25.1.